The second-order valence-corrected chi connectivity index (χ2v) is 5.62. The van der Waals surface area contributed by atoms with Crippen LogP contribution in [-0.2, 0) is 0 Å². The minimum atomic E-state index is -0.879. The Bertz CT molecular complexity index is 597. The zero-order chi connectivity index (χ0) is 14.7. The Hall–Kier alpha value is -1.22. The van der Waals surface area contributed by atoms with Crippen LogP contribution < -0.4 is 4.74 Å². The predicted octanol–water partition coefficient (Wildman–Crippen LogP) is 4.86. The van der Waals surface area contributed by atoms with E-state index in [0.29, 0.717) is 26.9 Å². The molecule has 0 aliphatic heterocycles. The number of aliphatic hydroxyl groups excluding tert-OH is 1. The summed E-state index contributed by atoms with van der Waals surface area (Å²) in [5.74, 6) is 0.644. The number of para-hydroxylation sites is 1. The highest BCUT2D eigenvalue weighted by molar-refractivity contribution is 6.33. The van der Waals surface area contributed by atoms with Gasteiger partial charge in [0.25, 0.3) is 0 Å². The summed E-state index contributed by atoms with van der Waals surface area (Å²) in [5.41, 5.74) is 1.24. The number of benzene rings is 2. The molecule has 0 saturated carbocycles. The van der Waals surface area contributed by atoms with E-state index >= 15 is 0 Å². The molecule has 1 atom stereocenters. The molecule has 0 radical (unpaired) electrons. The number of hydrogen-bond donors (Lipinski definition) is 1. The van der Waals surface area contributed by atoms with Gasteiger partial charge in [-0.2, -0.15) is 0 Å². The third-order valence-corrected chi connectivity index (χ3v) is 3.41. The second kappa shape index (κ2) is 6.49. The van der Waals surface area contributed by atoms with Gasteiger partial charge in [-0.1, -0.05) is 41.4 Å². The minimum absolute atomic E-state index is 0.0261. The third-order valence-electron chi connectivity index (χ3n) is 2.83. The Labute approximate surface area is 128 Å². The molecule has 1 N–H and O–H groups in total. The Morgan fingerprint density at radius 3 is 2.40 bits per heavy atom. The first-order valence-electron chi connectivity index (χ1n) is 6.37. The van der Waals surface area contributed by atoms with Crippen LogP contribution in [0.25, 0.3) is 0 Å². The topological polar surface area (TPSA) is 29.5 Å². The summed E-state index contributed by atoms with van der Waals surface area (Å²) < 4.78 is 5.72. The van der Waals surface area contributed by atoms with Crippen LogP contribution in [-0.4, -0.2) is 11.2 Å². The van der Waals surface area contributed by atoms with Crippen molar-refractivity contribution in [2.75, 3.05) is 0 Å². The lowest BCUT2D eigenvalue weighted by Gasteiger charge is -2.19. The second-order valence-electron chi connectivity index (χ2n) is 4.77. The van der Waals surface area contributed by atoms with Crippen molar-refractivity contribution in [3.8, 4) is 5.75 Å². The summed E-state index contributed by atoms with van der Waals surface area (Å²) in [5, 5.41) is 11.6. The first-order valence-corrected chi connectivity index (χ1v) is 7.13. The smallest absolute Gasteiger partial charge is 0.125 e. The van der Waals surface area contributed by atoms with E-state index in [-0.39, 0.29) is 6.10 Å². The van der Waals surface area contributed by atoms with E-state index in [0.717, 1.165) is 0 Å². The summed E-state index contributed by atoms with van der Waals surface area (Å²) >= 11 is 12.1. The van der Waals surface area contributed by atoms with Gasteiger partial charge in [0, 0.05) is 21.2 Å². The molecule has 106 valence electrons. The predicted molar refractivity (Wildman–Crippen MR) is 82.7 cm³/mol. The number of aliphatic hydroxyl groups is 1. The molecule has 1 unspecified atom stereocenters. The van der Waals surface area contributed by atoms with Crippen molar-refractivity contribution in [2.24, 2.45) is 0 Å². The molecule has 0 aromatic heterocycles. The van der Waals surface area contributed by atoms with Crippen molar-refractivity contribution in [3.63, 3.8) is 0 Å². The van der Waals surface area contributed by atoms with Crippen LogP contribution >= 0.6 is 23.2 Å². The first-order chi connectivity index (χ1) is 9.49. The number of ether oxygens (including phenoxy) is 1. The molecule has 4 heteroatoms. The molecule has 0 fully saturated rings. The van der Waals surface area contributed by atoms with Crippen molar-refractivity contribution in [2.45, 2.75) is 26.1 Å². The van der Waals surface area contributed by atoms with Crippen LogP contribution in [0.2, 0.25) is 10.0 Å². The van der Waals surface area contributed by atoms with Gasteiger partial charge in [0.15, 0.2) is 0 Å². The molecule has 20 heavy (non-hydrogen) atoms. The van der Waals surface area contributed by atoms with Gasteiger partial charge in [0.05, 0.1) is 6.10 Å². The van der Waals surface area contributed by atoms with Gasteiger partial charge in [-0.15, -0.1) is 0 Å². The SMILES string of the molecule is CC(C)Oc1ccccc1C(O)c1cc(Cl)ccc1Cl. The fourth-order valence-electron chi connectivity index (χ4n) is 1.96. The molecule has 0 saturated heterocycles. The van der Waals surface area contributed by atoms with Crippen molar-refractivity contribution in [1.82, 2.24) is 0 Å². The first kappa shape index (κ1) is 15.2. The maximum atomic E-state index is 10.6. The zero-order valence-electron chi connectivity index (χ0n) is 11.3. The van der Waals surface area contributed by atoms with E-state index in [1.165, 1.54) is 0 Å². The van der Waals surface area contributed by atoms with Gasteiger partial charge in [0.1, 0.15) is 11.9 Å². The van der Waals surface area contributed by atoms with Crippen LogP contribution in [0.4, 0.5) is 0 Å². The number of hydrogen-bond acceptors (Lipinski definition) is 2. The Morgan fingerprint density at radius 2 is 1.70 bits per heavy atom. The fraction of sp³-hybridized carbons (Fsp3) is 0.250. The average Bonchev–Trinajstić information content (AvgIpc) is 2.41. The van der Waals surface area contributed by atoms with Crippen LogP contribution in [0.3, 0.4) is 0 Å². The van der Waals surface area contributed by atoms with Gasteiger partial charge in [0.2, 0.25) is 0 Å². The zero-order valence-corrected chi connectivity index (χ0v) is 12.8. The van der Waals surface area contributed by atoms with Crippen molar-refractivity contribution in [1.29, 1.82) is 0 Å². The normalized spacial score (nSPS) is 12.5. The van der Waals surface area contributed by atoms with Gasteiger partial charge in [-0.25, -0.2) is 0 Å². The molecule has 0 aliphatic rings. The molecular formula is C16H16Cl2O2. The maximum Gasteiger partial charge on any atom is 0.125 e. The Morgan fingerprint density at radius 1 is 1.00 bits per heavy atom. The maximum absolute atomic E-state index is 10.6. The quantitative estimate of drug-likeness (QED) is 0.873. The molecular weight excluding hydrogens is 295 g/mol. The number of rotatable bonds is 4. The third kappa shape index (κ3) is 3.45. The molecule has 0 amide bonds. The monoisotopic (exact) mass is 310 g/mol. The van der Waals surface area contributed by atoms with E-state index in [9.17, 15) is 5.11 Å². The van der Waals surface area contributed by atoms with Crippen LogP contribution in [0, 0.1) is 0 Å². The van der Waals surface area contributed by atoms with Crippen molar-refractivity contribution < 1.29 is 9.84 Å². The average molecular weight is 311 g/mol. The van der Waals surface area contributed by atoms with Crippen LogP contribution in [0.15, 0.2) is 42.5 Å². The highest BCUT2D eigenvalue weighted by Crippen LogP contribution is 2.35. The molecule has 2 nitrogen and oxygen atoms in total. The summed E-state index contributed by atoms with van der Waals surface area (Å²) in [7, 11) is 0. The molecule has 0 spiro atoms. The lowest BCUT2D eigenvalue weighted by Crippen LogP contribution is -2.10. The van der Waals surface area contributed by atoms with Crippen LogP contribution in [0.5, 0.6) is 5.75 Å². The van der Waals surface area contributed by atoms with Gasteiger partial charge < -0.3 is 9.84 Å². The summed E-state index contributed by atoms with van der Waals surface area (Å²) in [4.78, 5) is 0. The van der Waals surface area contributed by atoms with E-state index in [1.807, 2.05) is 38.1 Å². The van der Waals surface area contributed by atoms with E-state index < -0.39 is 6.10 Å². The molecule has 2 aromatic rings. The molecule has 0 aliphatic carbocycles. The Balaban J connectivity index is 2.42. The highest BCUT2D eigenvalue weighted by Gasteiger charge is 2.18. The van der Waals surface area contributed by atoms with Gasteiger partial charge in [-0.3, -0.25) is 0 Å². The van der Waals surface area contributed by atoms with Crippen molar-refractivity contribution >= 4 is 23.2 Å². The van der Waals surface area contributed by atoms with E-state index in [2.05, 4.69) is 0 Å². The van der Waals surface area contributed by atoms with E-state index in [4.69, 9.17) is 27.9 Å². The molecule has 0 bridgehead atoms. The summed E-state index contributed by atoms with van der Waals surface area (Å²) in [6, 6.07) is 12.4. The molecule has 0 heterocycles. The molecule has 2 aromatic carbocycles. The minimum Gasteiger partial charge on any atom is -0.491 e. The fourth-order valence-corrected chi connectivity index (χ4v) is 2.36. The van der Waals surface area contributed by atoms with Gasteiger partial charge in [-0.05, 0) is 38.1 Å². The number of halogens is 2. The molecule has 2 rings (SSSR count). The summed E-state index contributed by atoms with van der Waals surface area (Å²) in [6.45, 7) is 3.88. The lowest BCUT2D eigenvalue weighted by atomic mass is 10.0. The van der Waals surface area contributed by atoms with Crippen LogP contribution in [0.1, 0.15) is 31.1 Å². The lowest BCUT2D eigenvalue weighted by molar-refractivity contribution is 0.198. The standard InChI is InChI=1S/C16H16Cl2O2/c1-10(2)20-15-6-4-3-5-12(15)16(19)13-9-11(17)7-8-14(13)18/h3-10,16,19H,1-2H3. The van der Waals surface area contributed by atoms with Gasteiger partial charge >= 0.3 is 0 Å². The van der Waals surface area contributed by atoms with E-state index in [1.54, 1.807) is 18.2 Å². The highest BCUT2D eigenvalue weighted by atomic mass is 35.5. The van der Waals surface area contributed by atoms with Crippen molar-refractivity contribution in [3.05, 3.63) is 63.6 Å². The largest absolute Gasteiger partial charge is 0.491 e. The Kier molecular flexibility index (Phi) is 4.92. The summed E-state index contributed by atoms with van der Waals surface area (Å²) in [6.07, 6.45) is -0.852.